The number of fused-ring (bicyclic) bond motifs is 14. The number of pyridine rings is 1. The fraction of sp³-hybridized carbons (Fsp3) is 0.373. The molecule has 10 rings (SSSR count). The van der Waals surface area contributed by atoms with Gasteiger partial charge in [0, 0.05) is 70.9 Å². The van der Waals surface area contributed by atoms with Gasteiger partial charge >= 0.3 is 18.0 Å². The molecule has 6 atom stereocenters. The zero-order chi connectivity index (χ0) is 63.2. The van der Waals surface area contributed by atoms with E-state index in [0.717, 1.165) is 33.1 Å². The number of nitrogens with zero attached hydrogens (tertiary/aromatic N) is 8. The molecule has 0 radical (unpaired) electrons. The first-order valence-corrected chi connectivity index (χ1v) is 33.3. The second kappa shape index (κ2) is 28.1. The number of methoxy groups -OCH3 is 1. The highest BCUT2D eigenvalue weighted by Gasteiger charge is 2.36. The van der Waals surface area contributed by atoms with Crippen LogP contribution in [0.1, 0.15) is 145 Å². The Morgan fingerprint density at radius 2 is 1.46 bits per heavy atom. The molecule has 1 aliphatic heterocycles. The summed E-state index contributed by atoms with van der Waals surface area (Å²) < 4.78 is 11.2. The summed E-state index contributed by atoms with van der Waals surface area (Å²) in [6.45, 7) is 6.95. The van der Waals surface area contributed by atoms with E-state index in [1.54, 1.807) is 35.2 Å². The highest BCUT2D eigenvalue weighted by Crippen LogP contribution is 2.41. The van der Waals surface area contributed by atoms with Crippen LogP contribution in [-0.2, 0) is 35.3 Å². The van der Waals surface area contributed by atoms with Gasteiger partial charge in [0.05, 0.1) is 59.6 Å². The van der Waals surface area contributed by atoms with E-state index in [1.165, 1.54) is 59.5 Å². The van der Waals surface area contributed by atoms with Crippen LogP contribution in [-0.4, -0.2) is 126 Å². The number of ether oxygens (including phenoxy) is 2. The molecule has 1 saturated carbocycles. The number of rotatable bonds is 14. The lowest BCUT2D eigenvalue weighted by Gasteiger charge is -2.24. The number of carbonyl (C=O) groups excluding carboxylic acids is 6. The molecule has 2 aliphatic rings. The Hall–Kier alpha value is -8.13. The third kappa shape index (κ3) is 14.8. The number of aromatic nitrogens is 7. The smallest absolute Gasteiger partial charge is 0.415 e. The summed E-state index contributed by atoms with van der Waals surface area (Å²) >= 11 is 7.30. The number of nitrogens with one attached hydrogen (secondary N) is 4. The number of anilines is 1. The summed E-state index contributed by atoms with van der Waals surface area (Å²) in [5, 5.41) is 40.0. The van der Waals surface area contributed by atoms with Crippen molar-refractivity contribution >= 4 is 121 Å². The van der Waals surface area contributed by atoms with Crippen LogP contribution in [0, 0.1) is 18.8 Å². The maximum absolute atomic E-state index is 14.4. The van der Waals surface area contributed by atoms with E-state index < -0.39 is 84.6 Å². The molecular weight excluding hydrogens is 1260 g/mol. The highest BCUT2D eigenvalue weighted by atomic mass is 32.1. The van der Waals surface area contributed by atoms with Gasteiger partial charge in [-0.15, -0.1) is 68.0 Å². The van der Waals surface area contributed by atoms with Crippen LogP contribution in [0.2, 0.25) is 0 Å². The first-order valence-electron chi connectivity index (χ1n) is 28.2. The lowest BCUT2D eigenvalue weighted by atomic mass is 9.90. The summed E-state index contributed by atoms with van der Waals surface area (Å²) in [5.74, 6) is -6.08. The van der Waals surface area contributed by atoms with E-state index >= 15 is 0 Å². The van der Waals surface area contributed by atoms with E-state index in [2.05, 4.69) is 21.3 Å². The van der Waals surface area contributed by atoms with E-state index in [4.69, 9.17) is 44.4 Å². The SMILES string of the molecule is CNC(=O)C[C@@H]1NC(=O)c2csc(n2)-c2ccc(-c3nc(N(CCC(=O)O)C(=O)O[C@H]4CC[C@H](C(=O)O)C4)cs3)nc2-c2csc(n2)-c2csc(n2)[C@H]([C@@H](C)c2ccccc2)NC(=O)CNC(=O)c2nc(sc2COC)C(C(C)C)CC(=O)c2nc1sc2C. The Morgan fingerprint density at radius 3 is 2.19 bits per heavy atom. The molecule has 8 aromatic rings. The molecule has 1 fully saturated rings. The van der Waals surface area contributed by atoms with Crippen LogP contribution >= 0.6 is 68.0 Å². The maximum atomic E-state index is 14.4. The number of carboxylic acid groups (broad SMARTS) is 2. The first-order chi connectivity index (χ1) is 42.7. The van der Waals surface area contributed by atoms with Gasteiger partial charge in [0.25, 0.3) is 11.8 Å². The van der Waals surface area contributed by atoms with Crippen molar-refractivity contribution in [3.05, 3.63) is 111 Å². The number of benzene rings is 1. The average molecular weight is 1320 g/mol. The number of hydrogen-bond acceptors (Lipinski definition) is 23. The quantitative estimate of drug-likeness (QED) is 0.0589. The van der Waals surface area contributed by atoms with Gasteiger partial charge in [-0.25, -0.2) is 39.7 Å². The van der Waals surface area contributed by atoms with Gasteiger partial charge in [-0.05, 0) is 49.8 Å². The van der Waals surface area contributed by atoms with Gasteiger partial charge in [-0.2, -0.15) is 0 Å². The molecule has 1 aliphatic carbocycles. The highest BCUT2D eigenvalue weighted by molar-refractivity contribution is 7.15. The second-order valence-electron chi connectivity index (χ2n) is 21.4. The van der Waals surface area contributed by atoms with Crippen LogP contribution in [0.15, 0.2) is 64.0 Å². The monoisotopic (exact) mass is 1320 g/mol. The molecule has 8 heterocycles. The maximum Gasteiger partial charge on any atom is 0.415 e. The van der Waals surface area contributed by atoms with Gasteiger partial charge in [0.2, 0.25) is 11.8 Å². The molecule has 24 nitrogen and oxygen atoms in total. The van der Waals surface area contributed by atoms with Crippen LogP contribution in [0.4, 0.5) is 10.6 Å². The average Bonchev–Trinajstić information content (AvgIpc) is 1.82. The van der Waals surface area contributed by atoms with Crippen molar-refractivity contribution in [2.75, 3.05) is 32.1 Å². The van der Waals surface area contributed by atoms with Crippen molar-refractivity contribution in [2.24, 2.45) is 11.8 Å². The Morgan fingerprint density at radius 1 is 0.742 bits per heavy atom. The van der Waals surface area contributed by atoms with Gasteiger partial charge < -0.3 is 41.0 Å². The molecule has 1 aromatic carbocycles. The predicted molar refractivity (Wildman–Crippen MR) is 337 cm³/mol. The van der Waals surface area contributed by atoms with Crippen molar-refractivity contribution in [3.8, 4) is 43.4 Å². The van der Waals surface area contributed by atoms with E-state index in [1.807, 2.05) is 56.5 Å². The van der Waals surface area contributed by atoms with Crippen molar-refractivity contribution in [1.82, 2.24) is 56.2 Å². The third-order valence-corrected chi connectivity index (χ3v) is 20.8. The number of carbonyl (C=O) groups is 8. The zero-order valence-corrected chi connectivity index (χ0v) is 53.7. The number of thiazole rings is 6. The van der Waals surface area contributed by atoms with Crippen LogP contribution < -0.4 is 26.2 Å². The number of Topliss-reactive ketones (excluding diaryl/α,β-unsaturated/α-hetero) is 1. The van der Waals surface area contributed by atoms with Crippen molar-refractivity contribution in [3.63, 3.8) is 0 Å². The molecule has 10 bridgehead atoms. The van der Waals surface area contributed by atoms with Gasteiger partial charge in [0.15, 0.2) is 5.78 Å². The normalized spacial score (nSPS) is 18.6. The molecule has 89 heavy (non-hydrogen) atoms. The molecular formula is C59H60N12O12S6. The summed E-state index contributed by atoms with van der Waals surface area (Å²) in [7, 11) is 2.97. The molecule has 0 saturated heterocycles. The molecule has 1 unspecified atom stereocenters. The minimum atomic E-state index is -1.17. The number of carboxylic acids is 2. The minimum Gasteiger partial charge on any atom is -0.481 e. The van der Waals surface area contributed by atoms with E-state index in [9.17, 15) is 48.6 Å². The third-order valence-electron chi connectivity index (χ3n) is 15.0. The van der Waals surface area contributed by atoms with Gasteiger partial charge in [0.1, 0.15) is 71.1 Å². The molecule has 7 aromatic heterocycles. The number of aryl methyl sites for hydroxylation is 1. The molecule has 6 N–H and O–H groups in total. The number of amides is 5. The lowest BCUT2D eigenvalue weighted by molar-refractivity contribution is -0.142. The Kier molecular flexibility index (Phi) is 20.2. The molecule has 30 heteroatoms. The van der Waals surface area contributed by atoms with E-state index in [0.29, 0.717) is 81.0 Å². The van der Waals surface area contributed by atoms with Gasteiger partial charge in [-0.3, -0.25) is 38.5 Å². The first kappa shape index (κ1) is 63.9. The topological polar surface area (TPSA) is 337 Å². The Balaban J connectivity index is 1.04. The van der Waals surface area contributed by atoms with E-state index in [-0.39, 0.29) is 72.9 Å². The van der Waals surface area contributed by atoms with Crippen LogP contribution in [0.25, 0.3) is 43.4 Å². The summed E-state index contributed by atoms with van der Waals surface area (Å²) in [5.41, 5.74) is 3.16. The summed E-state index contributed by atoms with van der Waals surface area (Å²) in [6, 6.07) is 11.4. The summed E-state index contributed by atoms with van der Waals surface area (Å²) in [6.07, 6.45) is -1.47. The number of hydrogen-bond donors (Lipinski definition) is 6. The lowest BCUT2D eigenvalue weighted by Crippen LogP contribution is -2.40. The standard InChI is InChI=1S/C59H60N12O12S6/c1-27(2)34-19-40(72)47-29(4)88-56(69-47)36(20-43(73)60-5)63-50(77)38-24-84-52(65-38)33-14-15-35(54-67-42(26-87-54)71(17-16-45(75)76)59(81)83-32-13-12-31(18-32)58(79)80)62-48(33)37-23-85-55(64-37)39-25-86-57(66-39)46(28(3)30-10-8-7-9-11-30)68-44(74)21-61-51(78)49-41(22-82-6)89-53(34)70-49/h7-11,14-15,23-28,31-32,34,36,46H,12-13,16-22H2,1-6H3,(H,60,73)(H,61,78)(H,63,77)(H,68,74)(H,75,76)(H,79,80)/t28-,31-,32-,34?,36-,46-/m0/s1. The number of ketones is 1. The van der Waals surface area contributed by atoms with Crippen molar-refractivity contribution in [2.45, 2.75) is 103 Å². The fourth-order valence-corrected chi connectivity index (χ4v) is 15.9. The predicted octanol–water partition coefficient (Wildman–Crippen LogP) is 9.94. The van der Waals surface area contributed by atoms with Gasteiger partial charge in [-0.1, -0.05) is 51.1 Å². The second-order valence-corrected chi connectivity index (χ2v) is 27.2. The molecule has 5 amide bonds. The Labute approximate surface area is 533 Å². The largest absolute Gasteiger partial charge is 0.481 e. The van der Waals surface area contributed by atoms with Crippen LogP contribution in [0.5, 0.6) is 0 Å². The minimum absolute atomic E-state index is 0.00826. The number of aliphatic carboxylic acids is 2. The van der Waals surface area contributed by atoms with Crippen molar-refractivity contribution in [1.29, 1.82) is 0 Å². The molecule has 464 valence electrons. The Bertz CT molecular complexity index is 3970. The molecule has 0 spiro atoms. The van der Waals surface area contributed by atoms with Crippen molar-refractivity contribution < 1.29 is 58.0 Å². The summed E-state index contributed by atoms with van der Waals surface area (Å²) in [4.78, 5) is 144. The zero-order valence-electron chi connectivity index (χ0n) is 48.8. The van der Waals surface area contributed by atoms with Crippen LogP contribution in [0.3, 0.4) is 0 Å². The fourth-order valence-electron chi connectivity index (χ4n) is 10.2.